The summed E-state index contributed by atoms with van der Waals surface area (Å²) < 4.78 is 0. The number of amides is 1. The lowest BCUT2D eigenvalue weighted by Gasteiger charge is -2.32. The second-order valence-electron chi connectivity index (χ2n) is 5.38. The minimum Gasteiger partial charge on any atom is -0.336 e. The van der Waals surface area contributed by atoms with Crippen LogP contribution < -0.4 is 5.32 Å². The number of nitrogens with zero attached hydrogens (tertiary/aromatic N) is 1. The Labute approximate surface area is 109 Å². The Morgan fingerprint density at radius 3 is 2.44 bits per heavy atom. The Morgan fingerprint density at radius 1 is 1.28 bits per heavy atom. The average Bonchev–Trinajstić information content (AvgIpc) is 2.27. The predicted octanol–water partition coefficient (Wildman–Crippen LogP) is 2.05. The van der Waals surface area contributed by atoms with E-state index in [-0.39, 0.29) is 5.91 Å². The first-order valence-corrected chi connectivity index (χ1v) is 6.59. The molecule has 2 rings (SSSR count). The topological polar surface area (TPSA) is 32.3 Å². The maximum absolute atomic E-state index is 12.6. The fourth-order valence-corrected chi connectivity index (χ4v) is 2.79. The number of carbonyl (C=O) groups is 1. The van der Waals surface area contributed by atoms with Gasteiger partial charge in [0.1, 0.15) is 0 Å². The third-order valence-electron chi connectivity index (χ3n) is 3.55. The van der Waals surface area contributed by atoms with Crippen molar-refractivity contribution in [1.82, 2.24) is 10.2 Å². The SMILES string of the molecule is Cc1cc(C)c(C(=O)N2CCN[C@@H](C)C2)c(C)c1. The van der Waals surface area contributed by atoms with Gasteiger partial charge in [-0.1, -0.05) is 17.7 Å². The van der Waals surface area contributed by atoms with Gasteiger partial charge in [-0.3, -0.25) is 4.79 Å². The van der Waals surface area contributed by atoms with E-state index in [0.29, 0.717) is 6.04 Å². The van der Waals surface area contributed by atoms with Crippen LogP contribution in [0.4, 0.5) is 0 Å². The van der Waals surface area contributed by atoms with Gasteiger partial charge in [-0.25, -0.2) is 0 Å². The highest BCUT2D eigenvalue weighted by molar-refractivity contribution is 5.97. The Hall–Kier alpha value is -1.35. The van der Waals surface area contributed by atoms with Gasteiger partial charge in [0.05, 0.1) is 0 Å². The van der Waals surface area contributed by atoms with Crippen molar-refractivity contribution < 1.29 is 4.79 Å². The predicted molar refractivity (Wildman–Crippen MR) is 74.0 cm³/mol. The first-order chi connectivity index (χ1) is 8.49. The molecular formula is C15H22N2O. The summed E-state index contributed by atoms with van der Waals surface area (Å²) in [5.41, 5.74) is 4.28. The van der Waals surface area contributed by atoms with E-state index in [2.05, 4.69) is 31.3 Å². The molecule has 1 atom stereocenters. The smallest absolute Gasteiger partial charge is 0.254 e. The van der Waals surface area contributed by atoms with E-state index in [1.165, 1.54) is 5.56 Å². The number of piperazine rings is 1. The van der Waals surface area contributed by atoms with Crippen LogP contribution in [0.1, 0.15) is 34.0 Å². The molecule has 0 saturated carbocycles. The summed E-state index contributed by atoms with van der Waals surface area (Å²) in [6.45, 7) is 10.7. The Balaban J connectivity index is 2.28. The van der Waals surface area contributed by atoms with Gasteiger partial charge in [0.2, 0.25) is 0 Å². The van der Waals surface area contributed by atoms with Crippen molar-refractivity contribution in [3.63, 3.8) is 0 Å². The minimum absolute atomic E-state index is 0.179. The number of hydrogen-bond donors (Lipinski definition) is 1. The lowest BCUT2D eigenvalue weighted by Crippen LogP contribution is -2.51. The summed E-state index contributed by atoms with van der Waals surface area (Å²) in [5, 5.41) is 3.36. The van der Waals surface area contributed by atoms with Crippen molar-refractivity contribution in [3.8, 4) is 0 Å². The van der Waals surface area contributed by atoms with Crippen LogP contribution in [0.15, 0.2) is 12.1 Å². The molecule has 1 amide bonds. The fraction of sp³-hybridized carbons (Fsp3) is 0.533. The third-order valence-corrected chi connectivity index (χ3v) is 3.55. The molecule has 18 heavy (non-hydrogen) atoms. The van der Waals surface area contributed by atoms with Gasteiger partial charge in [-0.15, -0.1) is 0 Å². The molecule has 1 aromatic carbocycles. The largest absolute Gasteiger partial charge is 0.336 e. The van der Waals surface area contributed by atoms with E-state index in [4.69, 9.17) is 0 Å². The van der Waals surface area contributed by atoms with Gasteiger partial charge in [0, 0.05) is 31.2 Å². The summed E-state index contributed by atoms with van der Waals surface area (Å²) in [5.74, 6) is 0.179. The third kappa shape index (κ3) is 2.56. The summed E-state index contributed by atoms with van der Waals surface area (Å²) in [4.78, 5) is 14.6. The monoisotopic (exact) mass is 246 g/mol. The van der Waals surface area contributed by atoms with Crippen LogP contribution in [0.2, 0.25) is 0 Å². The van der Waals surface area contributed by atoms with Crippen molar-refractivity contribution in [2.24, 2.45) is 0 Å². The number of rotatable bonds is 1. The minimum atomic E-state index is 0.179. The number of nitrogens with one attached hydrogen (secondary N) is 1. The molecule has 1 saturated heterocycles. The summed E-state index contributed by atoms with van der Waals surface area (Å²) in [6.07, 6.45) is 0. The molecular weight excluding hydrogens is 224 g/mol. The van der Waals surface area contributed by atoms with Gasteiger partial charge in [0.25, 0.3) is 5.91 Å². The van der Waals surface area contributed by atoms with E-state index in [1.54, 1.807) is 0 Å². The molecule has 0 aliphatic carbocycles. The molecule has 3 nitrogen and oxygen atoms in total. The van der Waals surface area contributed by atoms with Crippen LogP contribution in [0.3, 0.4) is 0 Å². The molecule has 0 radical (unpaired) electrons. The molecule has 0 spiro atoms. The molecule has 1 aliphatic rings. The zero-order valence-electron chi connectivity index (χ0n) is 11.7. The first kappa shape index (κ1) is 13.1. The van der Waals surface area contributed by atoms with Gasteiger partial charge in [-0.05, 0) is 38.8 Å². The molecule has 98 valence electrons. The van der Waals surface area contributed by atoms with E-state index in [0.717, 1.165) is 36.3 Å². The van der Waals surface area contributed by atoms with Crippen molar-refractivity contribution in [1.29, 1.82) is 0 Å². The van der Waals surface area contributed by atoms with E-state index >= 15 is 0 Å². The second-order valence-corrected chi connectivity index (χ2v) is 5.38. The number of hydrogen-bond acceptors (Lipinski definition) is 2. The molecule has 1 aliphatic heterocycles. The van der Waals surface area contributed by atoms with Crippen LogP contribution in [-0.4, -0.2) is 36.5 Å². The maximum Gasteiger partial charge on any atom is 0.254 e. The highest BCUT2D eigenvalue weighted by Gasteiger charge is 2.23. The second kappa shape index (κ2) is 5.11. The van der Waals surface area contributed by atoms with Crippen LogP contribution >= 0.6 is 0 Å². The summed E-state index contributed by atoms with van der Waals surface area (Å²) in [6, 6.07) is 4.56. The number of carbonyl (C=O) groups excluding carboxylic acids is 1. The van der Waals surface area contributed by atoms with Crippen LogP contribution in [0.25, 0.3) is 0 Å². The molecule has 0 unspecified atom stereocenters. The van der Waals surface area contributed by atoms with Crippen LogP contribution in [0, 0.1) is 20.8 Å². The number of benzene rings is 1. The van der Waals surface area contributed by atoms with Gasteiger partial charge in [-0.2, -0.15) is 0 Å². The highest BCUT2D eigenvalue weighted by atomic mass is 16.2. The summed E-state index contributed by atoms with van der Waals surface area (Å²) >= 11 is 0. The van der Waals surface area contributed by atoms with Crippen molar-refractivity contribution in [3.05, 3.63) is 34.4 Å². The molecule has 1 aromatic rings. The molecule has 0 bridgehead atoms. The zero-order valence-corrected chi connectivity index (χ0v) is 11.7. The van der Waals surface area contributed by atoms with Crippen molar-refractivity contribution in [2.75, 3.05) is 19.6 Å². The quantitative estimate of drug-likeness (QED) is 0.822. The summed E-state index contributed by atoms with van der Waals surface area (Å²) in [7, 11) is 0. The first-order valence-electron chi connectivity index (χ1n) is 6.59. The fourth-order valence-electron chi connectivity index (χ4n) is 2.79. The Morgan fingerprint density at radius 2 is 1.89 bits per heavy atom. The highest BCUT2D eigenvalue weighted by Crippen LogP contribution is 2.19. The van der Waals surface area contributed by atoms with Crippen molar-refractivity contribution in [2.45, 2.75) is 33.7 Å². The lowest BCUT2D eigenvalue weighted by atomic mass is 9.98. The van der Waals surface area contributed by atoms with Crippen LogP contribution in [0.5, 0.6) is 0 Å². The molecule has 1 fully saturated rings. The average molecular weight is 246 g/mol. The standard InChI is InChI=1S/C15H22N2O/c1-10-7-11(2)14(12(3)8-10)15(18)17-6-5-16-13(4)9-17/h7-8,13,16H,5-6,9H2,1-4H3/t13-/m0/s1. The van der Waals surface area contributed by atoms with Gasteiger partial charge < -0.3 is 10.2 Å². The Bertz CT molecular complexity index is 445. The number of aryl methyl sites for hydroxylation is 3. The molecule has 3 heteroatoms. The van der Waals surface area contributed by atoms with Gasteiger partial charge in [0.15, 0.2) is 0 Å². The normalized spacial score (nSPS) is 20.0. The van der Waals surface area contributed by atoms with E-state index in [1.807, 2.05) is 18.7 Å². The molecule has 1 N–H and O–H groups in total. The van der Waals surface area contributed by atoms with E-state index in [9.17, 15) is 4.79 Å². The van der Waals surface area contributed by atoms with Gasteiger partial charge >= 0.3 is 0 Å². The molecule has 1 heterocycles. The molecule has 0 aromatic heterocycles. The van der Waals surface area contributed by atoms with E-state index < -0.39 is 0 Å². The maximum atomic E-state index is 12.6. The lowest BCUT2D eigenvalue weighted by molar-refractivity contribution is 0.0707. The Kier molecular flexibility index (Phi) is 3.71. The zero-order chi connectivity index (χ0) is 13.3. The van der Waals surface area contributed by atoms with Crippen LogP contribution in [-0.2, 0) is 0 Å². The van der Waals surface area contributed by atoms with Crippen molar-refractivity contribution >= 4 is 5.91 Å².